The largest absolute Gasteiger partial charge is 0.497 e. The molecule has 1 atom stereocenters. The van der Waals surface area contributed by atoms with Crippen molar-refractivity contribution in [3.05, 3.63) is 46.4 Å². The SMILES string of the molecule is COc1ccc(C2(C(=O)N[C@@H](C)c3nccs3)CCC2)cc1. The first-order chi connectivity index (χ1) is 10.7. The Morgan fingerprint density at radius 1 is 1.36 bits per heavy atom. The molecule has 1 saturated carbocycles. The molecule has 1 N–H and O–H groups in total. The van der Waals surface area contributed by atoms with Crippen molar-refractivity contribution in [2.45, 2.75) is 37.6 Å². The Balaban J connectivity index is 1.78. The number of carbonyl (C=O) groups excluding carboxylic acids is 1. The van der Waals surface area contributed by atoms with Crippen LogP contribution in [0.2, 0.25) is 0 Å². The summed E-state index contributed by atoms with van der Waals surface area (Å²) in [4.78, 5) is 17.1. The molecular formula is C17H20N2O2S. The molecule has 0 bridgehead atoms. The van der Waals surface area contributed by atoms with Crippen LogP contribution in [0.3, 0.4) is 0 Å². The number of benzene rings is 1. The van der Waals surface area contributed by atoms with Crippen LogP contribution < -0.4 is 10.1 Å². The van der Waals surface area contributed by atoms with Gasteiger partial charge in [-0.3, -0.25) is 4.79 Å². The summed E-state index contributed by atoms with van der Waals surface area (Å²) in [5.41, 5.74) is 0.682. The minimum atomic E-state index is -0.391. The number of thiazole rings is 1. The van der Waals surface area contributed by atoms with Crippen LogP contribution in [0.15, 0.2) is 35.8 Å². The lowest BCUT2D eigenvalue weighted by molar-refractivity contribution is -0.130. The number of carbonyl (C=O) groups is 1. The zero-order chi connectivity index (χ0) is 15.6. The number of methoxy groups -OCH3 is 1. The molecule has 1 aromatic heterocycles. The zero-order valence-corrected chi connectivity index (χ0v) is 13.7. The summed E-state index contributed by atoms with van der Waals surface area (Å²) in [6, 6.07) is 7.81. The second-order valence-electron chi connectivity index (χ2n) is 5.73. The van der Waals surface area contributed by atoms with Crippen molar-refractivity contribution < 1.29 is 9.53 Å². The second kappa shape index (κ2) is 6.08. The molecule has 22 heavy (non-hydrogen) atoms. The summed E-state index contributed by atoms with van der Waals surface area (Å²) >= 11 is 1.57. The van der Waals surface area contributed by atoms with E-state index in [2.05, 4.69) is 10.3 Å². The number of rotatable bonds is 5. The highest BCUT2D eigenvalue weighted by Crippen LogP contribution is 2.44. The monoisotopic (exact) mass is 316 g/mol. The predicted octanol–water partition coefficient (Wildman–Crippen LogP) is 3.45. The smallest absolute Gasteiger partial charge is 0.231 e. The molecule has 1 amide bonds. The minimum absolute atomic E-state index is 0.0526. The molecule has 4 nitrogen and oxygen atoms in total. The number of hydrogen-bond donors (Lipinski definition) is 1. The molecule has 0 radical (unpaired) electrons. The fourth-order valence-electron chi connectivity index (χ4n) is 2.93. The van der Waals surface area contributed by atoms with Crippen molar-refractivity contribution in [3.63, 3.8) is 0 Å². The van der Waals surface area contributed by atoms with Crippen molar-refractivity contribution in [3.8, 4) is 5.75 Å². The average molecular weight is 316 g/mol. The van der Waals surface area contributed by atoms with Crippen LogP contribution in [0.4, 0.5) is 0 Å². The maximum atomic E-state index is 12.8. The molecule has 0 saturated heterocycles. The van der Waals surface area contributed by atoms with E-state index in [0.717, 1.165) is 35.6 Å². The Morgan fingerprint density at radius 2 is 2.09 bits per heavy atom. The van der Waals surface area contributed by atoms with Gasteiger partial charge in [0.25, 0.3) is 0 Å². The average Bonchev–Trinajstić information content (AvgIpc) is 3.01. The van der Waals surface area contributed by atoms with E-state index in [4.69, 9.17) is 4.74 Å². The van der Waals surface area contributed by atoms with Gasteiger partial charge in [0.15, 0.2) is 0 Å². The first-order valence-corrected chi connectivity index (χ1v) is 8.38. The Morgan fingerprint density at radius 3 is 2.59 bits per heavy atom. The van der Waals surface area contributed by atoms with Gasteiger partial charge in [-0.15, -0.1) is 11.3 Å². The molecular weight excluding hydrogens is 296 g/mol. The molecule has 1 aliphatic carbocycles. The molecule has 1 heterocycles. The topological polar surface area (TPSA) is 51.2 Å². The maximum Gasteiger partial charge on any atom is 0.231 e. The Hall–Kier alpha value is -1.88. The van der Waals surface area contributed by atoms with Crippen LogP contribution >= 0.6 is 11.3 Å². The lowest BCUT2D eigenvalue weighted by Crippen LogP contribution is -2.49. The molecule has 0 spiro atoms. The van der Waals surface area contributed by atoms with E-state index in [1.807, 2.05) is 36.6 Å². The van der Waals surface area contributed by atoms with Gasteiger partial charge in [-0.2, -0.15) is 0 Å². The predicted molar refractivity (Wildman–Crippen MR) is 87.2 cm³/mol. The Kier molecular flexibility index (Phi) is 4.16. The number of nitrogens with one attached hydrogen (secondary N) is 1. The van der Waals surface area contributed by atoms with Gasteiger partial charge < -0.3 is 10.1 Å². The number of nitrogens with zero attached hydrogens (tertiary/aromatic N) is 1. The zero-order valence-electron chi connectivity index (χ0n) is 12.8. The highest BCUT2D eigenvalue weighted by atomic mass is 32.1. The van der Waals surface area contributed by atoms with Crippen LogP contribution in [0.5, 0.6) is 5.75 Å². The Bertz CT molecular complexity index is 633. The fourth-order valence-corrected chi connectivity index (χ4v) is 3.58. The van der Waals surface area contributed by atoms with E-state index >= 15 is 0 Å². The molecule has 0 unspecified atom stereocenters. The van der Waals surface area contributed by atoms with Crippen LogP contribution in [-0.2, 0) is 10.2 Å². The highest BCUT2D eigenvalue weighted by molar-refractivity contribution is 7.09. The summed E-state index contributed by atoms with van der Waals surface area (Å²) in [6.45, 7) is 1.98. The van der Waals surface area contributed by atoms with E-state index in [9.17, 15) is 4.79 Å². The lowest BCUT2D eigenvalue weighted by atomic mass is 9.63. The third kappa shape index (κ3) is 2.61. The van der Waals surface area contributed by atoms with Gasteiger partial charge in [0.05, 0.1) is 18.6 Å². The van der Waals surface area contributed by atoms with E-state index in [1.54, 1.807) is 24.6 Å². The summed E-state index contributed by atoms with van der Waals surface area (Å²) in [5.74, 6) is 0.918. The Labute approximate surface area is 134 Å². The first kappa shape index (κ1) is 15.0. The van der Waals surface area contributed by atoms with Crippen molar-refractivity contribution in [1.29, 1.82) is 0 Å². The summed E-state index contributed by atoms with van der Waals surface area (Å²) in [7, 11) is 1.65. The molecule has 0 aliphatic heterocycles. The quantitative estimate of drug-likeness (QED) is 0.919. The molecule has 3 rings (SSSR count). The third-order valence-electron chi connectivity index (χ3n) is 4.45. The van der Waals surface area contributed by atoms with Crippen LogP contribution in [0.1, 0.15) is 42.8 Å². The fraction of sp³-hybridized carbons (Fsp3) is 0.412. The van der Waals surface area contributed by atoms with Gasteiger partial charge in [-0.05, 0) is 37.5 Å². The lowest BCUT2D eigenvalue weighted by Gasteiger charge is -2.41. The molecule has 5 heteroatoms. The van der Waals surface area contributed by atoms with Gasteiger partial charge in [0, 0.05) is 11.6 Å². The van der Waals surface area contributed by atoms with Crippen molar-refractivity contribution in [1.82, 2.24) is 10.3 Å². The molecule has 1 fully saturated rings. The number of aromatic nitrogens is 1. The first-order valence-electron chi connectivity index (χ1n) is 7.50. The number of ether oxygens (including phenoxy) is 1. The number of amides is 1. The van der Waals surface area contributed by atoms with Gasteiger partial charge in [0.2, 0.25) is 5.91 Å². The van der Waals surface area contributed by atoms with Crippen LogP contribution in [0.25, 0.3) is 0 Å². The van der Waals surface area contributed by atoms with E-state index in [-0.39, 0.29) is 11.9 Å². The van der Waals surface area contributed by atoms with Crippen LogP contribution in [-0.4, -0.2) is 18.0 Å². The summed E-state index contributed by atoms with van der Waals surface area (Å²) < 4.78 is 5.20. The third-order valence-corrected chi connectivity index (χ3v) is 5.41. The van der Waals surface area contributed by atoms with E-state index in [0.29, 0.717) is 0 Å². The minimum Gasteiger partial charge on any atom is -0.497 e. The maximum absolute atomic E-state index is 12.8. The normalized spacial score (nSPS) is 17.4. The summed E-state index contributed by atoms with van der Waals surface area (Å²) in [6.07, 6.45) is 4.65. The molecule has 1 aliphatic rings. The second-order valence-corrected chi connectivity index (χ2v) is 6.66. The van der Waals surface area contributed by atoms with Crippen molar-refractivity contribution in [2.75, 3.05) is 7.11 Å². The molecule has 2 aromatic rings. The van der Waals surface area contributed by atoms with Gasteiger partial charge in [-0.25, -0.2) is 4.98 Å². The van der Waals surface area contributed by atoms with Crippen LogP contribution in [0, 0.1) is 0 Å². The van der Waals surface area contributed by atoms with Crippen molar-refractivity contribution >= 4 is 17.2 Å². The number of hydrogen-bond acceptors (Lipinski definition) is 4. The summed E-state index contributed by atoms with van der Waals surface area (Å²) in [5, 5.41) is 6.00. The van der Waals surface area contributed by atoms with E-state index < -0.39 is 5.41 Å². The highest BCUT2D eigenvalue weighted by Gasteiger charge is 2.46. The standard InChI is InChI=1S/C17H20N2O2S/c1-12(15-18-10-11-22-15)19-16(20)17(8-3-9-17)13-4-6-14(21-2)7-5-13/h4-7,10-12H,3,8-9H2,1-2H3,(H,19,20)/t12-/m0/s1. The molecule has 116 valence electrons. The van der Waals surface area contributed by atoms with Gasteiger partial charge in [0.1, 0.15) is 10.8 Å². The van der Waals surface area contributed by atoms with E-state index in [1.165, 1.54) is 0 Å². The van der Waals surface area contributed by atoms with Gasteiger partial charge >= 0.3 is 0 Å². The van der Waals surface area contributed by atoms with Crippen molar-refractivity contribution in [2.24, 2.45) is 0 Å². The molecule has 1 aromatic carbocycles. The van der Waals surface area contributed by atoms with Gasteiger partial charge in [-0.1, -0.05) is 18.6 Å².